The fourth-order valence-electron chi connectivity index (χ4n) is 6.74. The molecule has 12 nitrogen and oxygen atoms in total. The number of amides is 1. The van der Waals surface area contributed by atoms with Crippen LogP contribution in [0.25, 0.3) is 0 Å². The lowest BCUT2D eigenvalue weighted by Crippen LogP contribution is -2.74. The van der Waals surface area contributed by atoms with Crippen LogP contribution in [0, 0.1) is 28.9 Å². The number of carbonyl (C=O) groups is 5. The third-order valence-electron chi connectivity index (χ3n) is 8.56. The molecule has 2 aromatic rings. The van der Waals surface area contributed by atoms with Gasteiger partial charge in [0.25, 0.3) is 0 Å². The highest BCUT2D eigenvalue weighted by Gasteiger charge is 2.69. The molecular formula is C28H30N4O8. The summed E-state index contributed by atoms with van der Waals surface area (Å²) in [6.07, 6.45) is 2.95. The minimum atomic E-state index is -2.75. The van der Waals surface area contributed by atoms with Gasteiger partial charge in [-0.3, -0.25) is 28.9 Å². The zero-order chi connectivity index (χ0) is 29.1. The number of benzene rings is 1. The maximum atomic E-state index is 13.8. The molecule has 210 valence electrons. The summed E-state index contributed by atoms with van der Waals surface area (Å²) in [7, 11) is 3.08. The molecule has 2 unspecified atom stereocenters. The minimum Gasteiger partial charge on any atom is -0.619 e. The van der Waals surface area contributed by atoms with Crippen LogP contribution in [0.1, 0.15) is 33.5 Å². The van der Waals surface area contributed by atoms with Gasteiger partial charge in [-0.1, -0.05) is 6.07 Å². The molecule has 1 heterocycles. The molecule has 0 saturated heterocycles. The van der Waals surface area contributed by atoms with Gasteiger partial charge in [-0.05, 0) is 55.6 Å². The Morgan fingerprint density at radius 3 is 2.42 bits per heavy atom. The van der Waals surface area contributed by atoms with Crippen molar-refractivity contribution in [2.75, 3.05) is 14.1 Å². The van der Waals surface area contributed by atoms with E-state index in [0.717, 1.165) is 11.1 Å². The number of Topliss-reactive ketones (excluding diaryl/α,β-unsaturated/α-hetero) is 4. The molecule has 2 fully saturated rings. The maximum absolute atomic E-state index is 13.8. The van der Waals surface area contributed by atoms with Crippen LogP contribution >= 0.6 is 0 Å². The average molecular weight is 551 g/mol. The van der Waals surface area contributed by atoms with Crippen LogP contribution in [0.4, 0.5) is 0 Å². The minimum absolute atomic E-state index is 0.00830. The second-order valence-electron chi connectivity index (χ2n) is 11.1. The zero-order valence-electron chi connectivity index (χ0n) is 22.0. The van der Waals surface area contributed by atoms with Crippen LogP contribution < -0.4 is 15.8 Å². The molecular weight excluding hydrogens is 520 g/mol. The van der Waals surface area contributed by atoms with Crippen molar-refractivity contribution < 1.29 is 38.9 Å². The summed E-state index contributed by atoms with van der Waals surface area (Å²) in [5, 5.41) is 36.8. The van der Waals surface area contributed by atoms with E-state index in [1.807, 2.05) is 0 Å². The summed E-state index contributed by atoms with van der Waals surface area (Å²) in [4.78, 5) is 67.6. The Labute approximate surface area is 229 Å². The van der Waals surface area contributed by atoms with Crippen LogP contribution in [0.2, 0.25) is 0 Å². The van der Waals surface area contributed by atoms with Crippen molar-refractivity contribution in [2.24, 2.45) is 29.4 Å². The highest BCUT2D eigenvalue weighted by Crippen LogP contribution is 2.51. The van der Waals surface area contributed by atoms with Crippen molar-refractivity contribution in [1.82, 2.24) is 10.2 Å². The molecule has 1 amide bonds. The largest absolute Gasteiger partial charge is 0.619 e. The molecule has 5 N–H and O–H groups in total. The number of fused-ring (bicyclic) bond motifs is 3. The molecule has 6 atom stereocenters. The number of ketones is 4. The molecule has 0 radical (unpaired) electrons. The second-order valence-corrected chi connectivity index (χ2v) is 11.1. The van der Waals surface area contributed by atoms with Gasteiger partial charge in [0.1, 0.15) is 5.75 Å². The monoisotopic (exact) mass is 550 g/mol. The van der Waals surface area contributed by atoms with Crippen molar-refractivity contribution in [3.05, 3.63) is 64.1 Å². The lowest BCUT2D eigenvalue weighted by molar-refractivity contribution is -0.605. The number of phenolic OH excluding ortho intramolecular Hbond substituents is 1. The number of nitrogens with one attached hydrogen (secondary N) is 1. The van der Waals surface area contributed by atoms with Gasteiger partial charge in [-0.2, -0.15) is 4.73 Å². The molecule has 2 saturated carbocycles. The van der Waals surface area contributed by atoms with E-state index >= 15 is 0 Å². The number of aliphatic hydroxyl groups is 1. The standard InChI is InChI=1S/C28H30N4O8/c1-31(2)22-17-10-15-9-16-14(12-30-11-13-5-7-32(40)8-6-13)3-4-18(33)20(16)23(34)19(15)25(36)28(17,39)26(37)21(24(22)35)27(29)38/h3-8,15,17,19,21-22,30,33,39H,9-12H2,1-2H3,(H2,29,38)/t15-,17-,19?,21?,22-,28-/m0/s1. The molecule has 1 aromatic carbocycles. The lowest BCUT2D eigenvalue weighted by atomic mass is 9.52. The van der Waals surface area contributed by atoms with Crippen molar-refractivity contribution in [3.8, 4) is 5.75 Å². The van der Waals surface area contributed by atoms with Crippen molar-refractivity contribution >= 4 is 29.0 Å². The van der Waals surface area contributed by atoms with Crippen molar-refractivity contribution in [1.29, 1.82) is 0 Å². The predicted octanol–water partition coefficient (Wildman–Crippen LogP) is -1.21. The van der Waals surface area contributed by atoms with E-state index in [4.69, 9.17) is 5.73 Å². The van der Waals surface area contributed by atoms with Gasteiger partial charge in [-0.15, -0.1) is 0 Å². The zero-order valence-corrected chi connectivity index (χ0v) is 22.0. The fraction of sp³-hybridized carbons (Fsp3) is 0.429. The number of aromatic hydroxyl groups is 1. The summed E-state index contributed by atoms with van der Waals surface area (Å²) in [6.45, 7) is 0.748. The molecule has 1 aromatic heterocycles. The summed E-state index contributed by atoms with van der Waals surface area (Å²) in [5.74, 6) is -10.7. The quantitative estimate of drug-likeness (QED) is 0.193. The summed E-state index contributed by atoms with van der Waals surface area (Å²) in [5.41, 5.74) is 4.68. The SMILES string of the molecule is CN(C)[C@@H]1C(=O)C(C(N)=O)C(=O)[C@@]2(O)C(=O)C3C(=O)c4c(O)ccc(CNCc5cc[n+]([O-])cc5)c4C[C@H]3C[C@@H]12. The Morgan fingerprint density at radius 2 is 1.80 bits per heavy atom. The number of rotatable bonds is 6. The topological polar surface area (TPSA) is 194 Å². The van der Waals surface area contributed by atoms with Gasteiger partial charge in [0.15, 0.2) is 47.0 Å². The molecule has 3 aliphatic rings. The highest BCUT2D eigenvalue weighted by atomic mass is 16.5. The number of nitrogens with two attached hydrogens (primary N) is 1. The van der Waals surface area contributed by atoms with Crippen LogP contribution in [0.3, 0.4) is 0 Å². The number of phenols is 1. The first-order valence-electron chi connectivity index (χ1n) is 12.9. The fourth-order valence-corrected chi connectivity index (χ4v) is 6.74. The Hall–Kier alpha value is -4.00. The maximum Gasteiger partial charge on any atom is 0.235 e. The van der Waals surface area contributed by atoms with Crippen LogP contribution in [0.15, 0.2) is 36.7 Å². The van der Waals surface area contributed by atoms with E-state index in [1.165, 1.54) is 23.4 Å². The Morgan fingerprint density at radius 1 is 1.12 bits per heavy atom. The summed E-state index contributed by atoms with van der Waals surface area (Å²) < 4.78 is 0.677. The van der Waals surface area contributed by atoms with E-state index in [0.29, 0.717) is 23.4 Å². The van der Waals surface area contributed by atoms with Gasteiger partial charge in [0, 0.05) is 31.1 Å². The highest BCUT2D eigenvalue weighted by molar-refractivity contribution is 6.32. The molecule has 0 spiro atoms. The smallest absolute Gasteiger partial charge is 0.235 e. The normalized spacial score (nSPS) is 29.6. The van der Waals surface area contributed by atoms with Gasteiger partial charge in [0.2, 0.25) is 5.91 Å². The molecule has 12 heteroatoms. The van der Waals surface area contributed by atoms with Gasteiger partial charge in [-0.25, -0.2) is 0 Å². The summed E-state index contributed by atoms with van der Waals surface area (Å²) in [6, 6.07) is 5.24. The van der Waals surface area contributed by atoms with Crippen LogP contribution in [-0.4, -0.2) is 69.9 Å². The van der Waals surface area contributed by atoms with Gasteiger partial charge < -0.3 is 26.5 Å². The second kappa shape index (κ2) is 9.88. The number of likely N-dealkylation sites (N-methyl/N-ethyl adjacent to an activating group) is 1. The Bertz CT molecular complexity index is 1440. The summed E-state index contributed by atoms with van der Waals surface area (Å²) >= 11 is 0. The third-order valence-corrected chi connectivity index (χ3v) is 8.56. The van der Waals surface area contributed by atoms with E-state index in [9.17, 15) is 39.4 Å². The number of nitrogens with zero attached hydrogens (tertiary/aromatic N) is 2. The number of aromatic nitrogens is 1. The first-order chi connectivity index (χ1) is 18.9. The molecule has 40 heavy (non-hydrogen) atoms. The van der Waals surface area contributed by atoms with Crippen molar-refractivity contribution in [2.45, 2.75) is 37.6 Å². The van der Waals surface area contributed by atoms with Crippen molar-refractivity contribution in [3.63, 3.8) is 0 Å². The van der Waals surface area contributed by atoms with Crippen LogP contribution in [0.5, 0.6) is 5.75 Å². The first-order valence-corrected chi connectivity index (χ1v) is 12.9. The number of hydrogen-bond donors (Lipinski definition) is 4. The van der Waals surface area contributed by atoms with Gasteiger partial charge >= 0.3 is 0 Å². The van der Waals surface area contributed by atoms with Gasteiger partial charge in [0.05, 0.1) is 17.5 Å². The molecule has 5 rings (SSSR count). The molecule has 0 bridgehead atoms. The van der Waals surface area contributed by atoms with E-state index < -0.39 is 64.4 Å². The number of carbonyl (C=O) groups excluding carboxylic acids is 5. The average Bonchev–Trinajstić information content (AvgIpc) is 2.88. The van der Waals surface area contributed by atoms with E-state index in [-0.39, 0.29) is 24.2 Å². The Balaban J connectivity index is 1.50. The van der Waals surface area contributed by atoms with E-state index in [1.54, 1.807) is 32.3 Å². The lowest BCUT2D eigenvalue weighted by Gasteiger charge is -2.52. The third kappa shape index (κ3) is 4.10. The number of hydrogen-bond acceptors (Lipinski definition) is 10. The number of primary amides is 1. The number of pyridine rings is 1. The Kier molecular flexibility index (Phi) is 6.81. The van der Waals surface area contributed by atoms with E-state index in [2.05, 4.69) is 5.32 Å². The molecule has 3 aliphatic carbocycles. The van der Waals surface area contributed by atoms with Crippen LogP contribution in [-0.2, 0) is 38.7 Å². The molecule has 0 aliphatic heterocycles. The first kappa shape index (κ1) is 27.6. The predicted molar refractivity (Wildman–Crippen MR) is 137 cm³/mol.